The standard InChI is InChI=1S/C18H31N3/c1-5-6-16-7-9-21(10-8-16)18-11-15(4)20-13-17(18)12-19-14(2)3/h11,13-14,16,19H,5-10,12H2,1-4H3. The summed E-state index contributed by atoms with van der Waals surface area (Å²) in [4.78, 5) is 7.06. The van der Waals surface area contributed by atoms with Crippen molar-refractivity contribution in [3.8, 4) is 0 Å². The normalized spacial score (nSPS) is 16.7. The highest BCUT2D eigenvalue weighted by Gasteiger charge is 2.20. The largest absolute Gasteiger partial charge is 0.371 e. The van der Waals surface area contributed by atoms with Crippen molar-refractivity contribution in [3.63, 3.8) is 0 Å². The van der Waals surface area contributed by atoms with Gasteiger partial charge in [-0.1, -0.05) is 33.6 Å². The third-order valence-corrected chi connectivity index (χ3v) is 4.45. The second-order valence-electron chi connectivity index (χ2n) is 6.71. The fourth-order valence-corrected chi connectivity index (χ4v) is 3.19. The number of pyridine rings is 1. The van der Waals surface area contributed by atoms with Crippen LogP contribution in [0.1, 0.15) is 57.7 Å². The van der Waals surface area contributed by atoms with E-state index in [0.717, 1.165) is 18.2 Å². The van der Waals surface area contributed by atoms with Crippen LogP contribution in [-0.4, -0.2) is 24.1 Å². The Morgan fingerprint density at radius 2 is 2.05 bits per heavy atom. The lowest BCUT2D eigenvalue weighted by Gasteiger charge is -2.35. The first-order valence-corrected chi connectivity index (χ1v) is 8.54. The molecule has 0 aromatic carbocycles. The summed E-state index contributed by atoms with van der Waals surface area (Å²) in [5.74, 6) is 0.937. The summed E-state index contributed by atoms with van der Waals surface area (Å²) in [5.41, 5.74) is 3.85. The minimum absolute atomic E-state index is 0.509. The van der Waals surface area contributed by atoms with Gasteiger partial charge in [0.2, 0.25) is 0 Å². The Morgan fingerprint density at radius 3 is 2.67 bits per heavy atom. The summed E-state index contributed by atoms with van der Waals surface area (Å²) in [5, 5.41) is 3.52. The van der Waals surface area contributed by atoms with E-state index in [1.807, 2.05) is 0 Å². The second kappa shape index (κ2) is 7.79. The van der Waals surface area contributed by atoms with Crippen molar-refractivity contribution in [2.75, 3.05) is 18.0 Å². The van der Waals surface area contributed by atoms with Gasteiger partial charge in [0.05, 0.1) is 0 Å². The van der Waals surface area contributed by atoms with Gasteiger partial charge in [-0.05, 0) is 31.7 Å². The lowest BCUT2D eigenvalue weighted by atomic mass is 9.92. The minimum Gasteiger partial charge on any atom is -0.371 e. The fourth-order valence-electron chi connectivity index (χ4n) is 3.19. The highest BCUT2D eigenvalue weighted by atomic mass is 15.1. The average Bonchev–Trinajstić information content (AvgIpc) is 2.47. The van der Waals surface area contributed by atoms with E-state index in [0.29, 0.717) is 6.04 Å². The number of rotatable bonds is 6. The van der Waals surface area contributed by atoms with Gasteiger partial charge in [0, 0.05) is 48.8 Å². The number of hydrogen-bond acceptors (Lipinski definition) is 3. The van der Waals surface area contributed by atoms with E-state index < -0.39 is 0 Å². The van der Waals surface area contributed by atoms with Crippen LogP contribution in [0.3, 0.4) is 0 Å². The van der Waals surface area contributed by atoms with E-state index in [2.05, 4.69) is 55.2 Å². The predicted octanol–water partition coefficient (Wildman–Crippen LogP) is 3.90. The van der Waals surface area contributed by atoms with Gasteiger partial charge in [-0.25, -0.2) is 0 Å². The molecule has 3 nitrogen and oxygen atoms in total. The first-order valence-electron chi connectivity index (χ1n) is 8.54. The summed E-state index contributed by atoms with van der Waals surface area (Å²) in [7, 11) is 0. The van der Waals surface area contributed by atoms with Gasteiger partial charge in [0.25, 0.3) is 0 Å². The Hall–Kier alpha value is -1.09. The van der Waals surface area contributed by atoms with Crippen LogP contribution < -0.4 is 10.2 Å². The first-order chi connectivity index (χ1) is 10.1. The number of nitrogens with zero attached hydrogens (tertiary/aromatic N) is 2. The van der Waals surface area contributed by atoms with Gasteiger partial charge >= 0.3 is 0 Å². The molecule has 118 valence electrons. The monoisotopic (exact) mass is 289 g/mol. The Bertz CT molecular complexity index is 434. The number of piperidine rings is 1. The maximum Gasteiger partial charge on any atom is 0.0445 e. The molecule has 1 fully saturated rings. The Labute approximate surface area is 130 Å². The third-order valence-electron chi connectivity index (χ3n) is 4.45. The van der Waals surface area contributed by atoms with Crippen LogP contribution in [-0.2, 0) is 6.54 Å². The van der Waals surface area contributed by atoms with E-state index in [1.54, 1.807) is 0 Å². The summed E-state index contributed by atoms with van der Waals surface area (Å²) in [6.45, 7) is 12.1. The molecule has 3 heteroatoms. The van der Waals surface area contributed by atoms with Gasteiger partial charge in [-0.15, -0.1) is 0 Å². The smallest absolute Gasteiger partial charge is 0.0445 e. The third kappa shape index (κ3) is 4.70. The maximum absolute atomic E-state index is 4.49. The molecule has 1 aromatic heterocycles. The second-order valence-corrected chi connectivity index (χ2v) is 6.71. The van der Waals surface area contributed by atoms with E-state index in [4.69, 9.17) is 0 Å². The maximum atomic E-state index is 4.49. The fraction of sp³-hybridized carbons (Fsp3) is 0.722. The predicted molar refractivity (Wildman–Crippen MR) is 90.8 cm³/mol. The van der Waals surface area contributed by atoms with Crippen LogP contribution in [0.5, 0.6) is 0 Å². The lowest BCUT2D eigenvalue weighted by molar-refractivity contribution is 0.378. The van der Waals surface area contributed by atoms with Crippen molar-refractivity contribution in [1.29, 1.82) is 0 Å². The Kier molecular flexibility index (Phi) is 6.04. The van der Waals surface area contributed by atoms with E-state index >= 15 is 0 Å². The zero-order valence-electron chi connectivity index (χ0n) is 14.2. The molecule has 21 heavy (non-hydrogen) atoms. The highest BCUT2D eigenvalue weighted by Crippen LogP contribution is 2.28. The molecule has 1 aliphatic heterocycles. The number of aromatic nitrogens is 1. The van der Waals surface area contributed by atoms with Crippen molar-refractivity contribution in [1.82, 2.24) is 10.3 Å². The molecule has 1 aromatic rings. The summed E-state index contributed by atoms with van der Waals surface area (Å²) >= 11 is 0. The average molecular weight is 289 g/mol. The lowest BCUT2D eigenvalue weighted by Crippen LogP contribution is -2.35. The van der Waals surface area contributed by atoms with E-state index in [-0.39, 0.29) is 0 Å². The van der Waals surface area contributed by atoms with E-state index in [9.17, 15) is 0 Å². The SMILES string of the molecule is CCCC1CCN(c2cc(C)ncc2CNC(C)C)CC1. The van der Waals surface area contributed by atoms with Gasteiger partial charge in [0.1, 0.15) is 0 Å². The van der Waals surface area contributed by atoms with E-state index in [1.165, 1.54) is 50.0 Å². The molecule has 0 radical (unpaired) electrons. The topological polar surface area (TPSA) is 28.2 Å². The van der Waals surface area contributed by atoms with Gasteiger partial charge in [-0.3, -0.25) is 4.98 Å². The van der Waals surface area contributed by atoms with Crippen molar-refractivity contribution in [2.45, 2.75) is 66.0 Å². The van der Waals surface area contributed by atoms with Crippen LogP contribution in [0.4, 0.5) is 5.69 Å². The molecule has 1 aliphatic rings. The molecule has 1 saturated heterocycles. The van der Waals surface area contributed by atoms with Crippen LogP contribution >= 0.6 is 0 Å². The molecule has 0 bridgehead atoms. The van der Waals surface area contributed by atoms with Crippen molar-refractivity contribution < 1.29 is 0 Å². The van der Waals surface area contributed by atoms with Crippen LogP contribution in [0.15, 0.2) is 12.3 Å². The van der Waals surface area contributed by atoms with Crippen molar-refractivity contribution in [3.05, 3.63) is 23.5 Å². The van der Waals surface area contributed by atoms with Crippen LogP contribution in [0, 0.1) is 12.8 Å². The molecular formula is C18H31N3. The zero-order chi connectivity index (χ0) is 15.2. The zero-order valence-corrected chi connectivity index (χ0v) is 14.2. The number of anilines is 1. The molecule has 0 saturated carbocycles. The van der Waals surface area contributed by atoms with Crippen molar-refractivity contribution in [2.24, 2.45) is 5.92 Å². The van der Waals surface area contributed by atoms with Gasteiger partial charge < -0.3 is 10.2 Å². The molecular weight excluding hydrogens is 258 g/mol. The molecule has 0 unspecified atom stereocenters. The Morgan fingerprint density at radius 1 is 1.33 bits per heavy atom. The summed E-state index contributed by atoms with van der Waals surface area (Å²) in [6.07, 6.45) is 7.45. The molecule has 0 aliphatic carbocycles. The highest BCUT2D eigenvalue weighted by molar-refractivity contribution is 5.54. The number of nitrogens with one attached hydrogen (secondary N) is 1. The number of aryl methyl sites for hydroxylation is 1. The van der Waals surface area contributed by atoms with Crippen molar-refractivity contribution >= 4 is 5.69 Å². The molecule has 0 amide bonds. The van der Waals surface area contributed by atoms with Gasteiger partial charge in [-0.2, -0.15) is 0 Å². The summed E-state index contributed by atoms with van der Waals surface area (Å²) in [6, 6.07) is 2.77. The Balaban J connectivity index is 2.06. The molecule has 0 spiro atoms. The van der Waals surface area contributed by atoms with Crippen LogP contribution in [0.25, 0.3) is 0 Å². The quantitative estimate of drug-likeness (QED) is 0.860. The summed E-state index contributed by atoms with van der Waals surface area (Å²) < 4.78 is 0. The first kappa shape index (κ1) is 16.3. The molecule has 0 atom stereocenters. The molecule has 2 heterocycles. The van der Waals surface area contributed by atoms with Gasteiger partial charge in [0.15, 0.2) is 0 Å². The number of hydrogen-bond donors (Lipinski definition) is 1. The molecule has 1 N–H and O–H groups in total. The molecule has 2 rings (SSSR count). The van der Waals surface area contributed by atoms with Crippen LogP contribution in [0.2, 0.25) is 0 Å². The minimum atomic E-state index is 0.509.